The molecule has 7 nitrogen and oxygen atoms in total. The second kappa shape index (κ2) is 9.96. The lowest BCUT2D eigenvalue weighted by atomic mass is 10.1. The minimum absolute atomic E-state index is 0.129. The van der Waals surface area contributed by atoms with Crippen LogP contribution in [0.3, 0.4) is 0 Å². The van der Waals surface area contributed by atoms with Crippen LogP contribution in [-0.4, -0.2) is 31.0 Å². The van der Waals surface area contributed by atoms with Gasteiger partial charge in [0.1, 0.15) is 5.75 Å². The molecule has 0 atom stereocenters. The molecule has 0 aliphatic heterocycles. The summed E-state index contributed by atoms with van der Waals surface area (Å²) in [6.07, 6.45) is 0. The number of hydrogen-bond acceptors (Lipinski definition) is 5. The topological polar surface area (TPSA) is 93.7 Å². The van der Waals surface area contributed by atoms with Crippen LogP contribution in [0.15, 0.2) is 48.5 Å². The van der Waals surface area contributed by atoms with Crippen molar-refractivity contribution in [2.45, 2.75) is 20.4 Å². The van der Waals surface area contributed by atoms with Gasteiger partial charge in [-0.2, -0.15) is 0 Å². The van der Waals surface area contributed by atoms with E-state index in [0.29, 0.717) is 30.2 Å². The lowest BCUT2D eigenvalue weighted by Gasteiger charge is -2.11. The molecule has 0 fully saturated rings. The molecule has 0 saturated carbocycles. The minimum atomic E-state index is -0.602. The maximum atomic E-state index is 12.1. The Bertz CT molecular complexity index is 802. The number of esters is 1. The van der Waals surface area contributed by atoms with Gasteiger partial charge >= 0.3 is 5.97 Å². The van der Waals surface area contributed by atoms with Gasteiger partial charge in [0.25, 0.3) is 5.91 Å². The maximum absolute atomic E-state index is 12.1. The van der Waals surface area contributed by atoms with Gasteiger partial charge < -0.3 is 20.1 Å². The van der Waals surface area contributed by atoms with E-state index in [2.05, 4.69) is 10.6 Å². The van der Waals surface area contributed by atoms with Gasteiger partial charge in [-0.25, -0.2) is 4.79 Å². The van der Waals surface area contributed by atoms with E-state index < -0.39 is 18.5 Å². The molecule has 7 heteroatoms. The molecule has 0 unspecified atom stereocenters. The van der Waals surface area contributed by atoms with Gasteiger partial charge in [0, 0.05) is 13.5 Å². The first-order chi connectivity index (χ1) is 13.0. The third kappa shape index (κ3) is 6.47. The summed E-state index contributed by atoms with van der Waals surface area (Å²) in [6.45, 7) is 3.73. The summed E-state index contributed by atoms with van der Waals surface area (Å²) in [4.78, 5) is 35.0. The summed E-state index contributed by atoms with van der Waals surface area (Å²) >= 11 is 0. The van der Waals surface area contributed by atoms with Crippen molar-refractivity contribution in [2.75, 3.05) is 18.5 Å². The van der Waals surface area contributed by atoms with Crippen molar-refractivity contribution in [3.05, 3.63) is 59.7 Å². The van der Waals surface area contributed by atoms with Crippen molar-refractivity contribution in [1.82, 2.24) is 5.32 Å². The van der Waals surface area contributed by atoms with E-state index in [1.807, 2.05) is 6.92 Å². The van der Waals surface area contributed by atoms with Gasteiger partial charge in [0.2, 0.25) is 5.91 Å². The predicted molar refractivity (Wildman–Crippen MR) is 100 cm³/mol. The Morgan fingerprint density at radius 1 is 1.00 bits per heavy atom. The Kier molecular flexibility index (Phi) is 7.37. The Balaban J connectivity index is 1.86. The number of carbonyl (C=O) groups is 3. The van der Waals surface area contributed by atoms with E-state index >= 15 is 0 Å². The van der Waals surface area contributed by atoms with Gasteiger partial charge in [-0.15, -0.1) is 0 Å². The van der Waals surface area contributed by atoms with E-state index in [4.69, 9.17) is 9.47 Å². The third-order valence-electron chi connectivity index (χ3n) is 3.53. The number of rotatable bonds is 8. The van der Waals surface area contributed by atoms with Crippen molar-refractivity contribution >= 4 is 23.5 Å². The monoisotopic (exact) mass is 370 g/mol. The standard InChI is InChI=1S/C20H22N2O5/c1-3-26-18-7-5-4-6-17(18)22-19(24)13-27-20(25)16-10-8-15(9-11-16)12-21-14(2)23/h4-11H,3,12-13H2,1-2H3,(H,21,23)(H,22,24). The third-order valence-corrected chi connectivity index (χ3v) is 3.53. The zero-order chi connectivity index (χ0) is 19.6. The van der Waals surface area contributed by atoms with Crippen molar-refractivity contribution in [1.29, 1.82) is 0 Å². The van der Waals surface area contributed by atoms with Crippen LogP contribution in [0.5, 0.6) is 5.75 Å². The molecule has 142 valence electrons. The van der Waals surface area contributed by atoms with Gasteiger partial charge in [0.15, 0.2) is 6.61 Å². The van der Waals surface area contributed by atoms with E-state index in [1.54, 1.807) is 48.5 Å². The van der Waals surface area contributed by atoms with Crippen LogP contribution in [0.1, 0.15) is 29.8 Å². The fraction of sp³-hybridized carbons (Fsp3) is 0.250. The zero-order valence-electron chi connectivity index (χ0n) is 15.3. The van der Waals surface area contributed by atoms with Crippen molar-refractivity contribution < 1.29 is 23.9 Å². The van der Waals surface area contributed by atoms with E-state index in [9.17, 15) is 14.4 Å². The number of amides is 2. The summed E-state index contributed by atoms with van der Waals surface area (Å²) in [5.74, 6) is -0.642. The van der Waals surface area contributed by atoms with Gasteiger partial charge in [-0.1, -0.05) is 24.3 Å². The van der Waals surface area contributed by atoms with Gasteiger partial charge in [-0.05, 0) is 36.8 Å². The smallest absolute Gasteiger partial charge is 0.338 e. The Labute approximate surface area is 157 Å². The van der Waals surface area contributed by atoms with E-state index in [1.165, 1.54) is 6.92 Å². The molecule has 2 amide bonds. The normalized spacial score (nSPS) is 10.0. The SMILES string of the molecule is CCOc1ccccc1NC(=O)COC(=O)c1ccc(CNC(C)=O)cc1. The average molecular weight is 370 g/mol. The van der Waals surface area contributed by atoms with Crippen LogP contribution in [0.25, 0.3) is 0 Å². The summed E-state index contributed by atoms with van der Waals surface area (Å²) in [5, 5.41) is 5.33. The van der Waals surface area contributed by atoms with E-state index in [-0.39, 0.29) is 5.91 Å². The van der Waals surface area contributed by atoms with Crippen LogP contribution in [-0.2, 0) is 20.9 Å². The molecular weight excluding hydrogens is 348 g/mol. The summed E-state index contributed by atoms with van der Waals surface area (Å²) < 4.78 is 10.5. The number of benzene rings is 2. The molecule has 0 spiro atoms. The lowest BCUT2D eigenvalue weighted by molar-refractivity contribution is -0.119. The second-order valence-electron chi connectivity index (χ2n) is 5.66. The molecule has 0 radical (unpaired) electrons. The summed E-state index contributed by atoms with van der Waals surface area (Å²) in [7, 11) is 0. The van der Waals surface area contributed by atoms with Crippen molar-refractivity contribution in [3.63, 3.8) is 0 Å². The molecular formula is C20H22N2O5. The Morgan fingerprint density at radius 3 is 2.37 bits per heavy atom. The Morgan fingerprint density at radius 2 is 1.70 bits per heavy atom. The van der Waals surface area contributed by atoms with Crippen LogP contribution in [0.4, 0.5) is 5.69 Å². The number of nitrogens with one attached hydrogen (secondary N) is 2. The number of carbonyl (C=O) groups excluding carboxylic acids is 3. The second-order valence-corrected chi connectivity index (χ2v) is 5.66. The van der Waals surface area contributed by atoms with Crippen LogP contribution < -0.4 is 15.4 Å². The Hall–Kier alpha value is -3.35. The van der Waals surface area contributed by atoms with E-state index in [0.717, 1.165) is 5.56 Å². The number of anilines is 1. The predicted octanol–water partition coefficient (Wildman–Crippen LogP) is 2.52. The molecule has 0 aliphatic rings. The molecule has 0 bridgehead atoms. The molecule has 2 aromatic carbocycles. The molecule has 2 rings (SSSR count). The molecule has 2 N–H and O–H groups in total. The number of hydrogen-bond donors (Lipinski definition) is 2. The highest BCUT2D eigenvalue weighted by atomic mass is 16.5. The average Bonchev–Trinajstić information content (AvgIpc) is 2.66. The molecule has 27 heavy (non-hydrogen) atoms. The fourth-order valence-electron chi connectivity index (χ4n) is 2.24. The van der Waals surface area contributed by atoms with Crippen LogP contribution in [0.2, 0.25) is 0 Å². The number of para-hydroxylation sites is 2. The van der Waals surface area contributed by atoms with Gasteiger partial charge in [-0.3, -0.25) is 9.59 Å². The van der Waals surface area contributed by atoms with Crippen molar-refractivity contribution in [3.8, 4) is 5.75 Å². The fourth-order valence-corrected chi connectivity index (χ4v) is 2.24. The maximum Gasteiger partial charge on any atom is 0.338 e. The quantitative estimate of drug-likeness (QED) is 0.697. The molecule has 0 aliphatic carbocycles. The van der Waals surface area contributed by atoms with Crippen LogP contribution in [0, 0.1) is 0 Å². The summed E-state index contributed by atoms with van der Waals surface area (Å²) in [6, 6.07) is 13.6. The van der Waals surface area contributed by atoms with Gasteiger partial charge in [0.05, 0.1) is 17.9 Å². The highest BCUT2D eigenvalue weighted by molar-refractivity contribution is 5.96. The molecule has 0 heterocycles. The minimum Gasteiger partial charge on any atom is -0.492 e. The first kappa shape index (κ1) is 20.0. The molecule has 0 saturated heterocycles. The molecule has 0 aromatic heterocycles. The lowest BCUT2D eigenvalue weighted by Crippen LogP contribution is -2.21. The number of ether oxygens (including phenoxy) is 2. The zero-order valence-corrected chi connectivity index (χ0v) is 15.3. The van der Waals surface area contributed by atoms with Crippen molar-refractivity contribution in [2.24, 2.45) is 0 Å². The largest absolute Gasteiger partial charge is 0.492 e. The first-order valence-corrected chi connectivity index (χ1v) is 8.51. The summed E-state index contributed by atoms with van der Waals surface area (Å²) in [5.41, 5.74) is 1.69. The highest BCUT2D eigenvalue weighted by Crippen LogP contribution is 2.23. The first-order valence-electron chi connectivity index (χ1n) is 8.51. The van der Waals surface area contributed by atoms with Crippen LogP contribution >= 0.6 is 0 Å². The highest BCUT2D eigenvalue weighted by Gasteiger charge is 2.12. The molecule has 2 aromatic rings.